The molecule has 0 aromatic heterocycles. The van der Waals surface area contributed by atoms with Crippen molar-refractivity contribution >= 4 is 5.97 Å². The number of carboxylic acids is 1. The van der Waals surface area contributed by atoms with E-state index in [-0.39, 0.29) is 12.2 Å². The Kier molecular flexibility index (Phi) is 2.73. The molecule has 4 atom stereocenters. The number of aliphatic carboxylic acids is 1. The van der Waals surface area contributed by atoms with Crippen LogP contribution in [0, 0.1) is 5.92 Å². The van der Waals surface area contributed by atoms with Gasteiger partial charge in [-0.25, -0.2) is 0 Å². The van der Waals surface area contributed by atoms with Crippen LogP contribution in [0.2, 0.25) is 0 Å². The molecule has 86 valence electrons. The first kappa shape index (κ1) is 10.9. The van der Waals surface area contributed by atoms with Crippen molar-refractivity contribution in [3.8, 4) is 0 Å². The van der Waals surface area contributed by atoms with E-state index in [4.69, 9.17) is 9.84 Å². The number of hydrogen-bond acceptors (Lipinski definition) is 3. The largest absolute Gasteiger partial charge is 0.481 e. The smallest absolute Gasteiger partial charge is 0.309 e. The first-order chi connectivity index (χ1) is 7.08. The molecule has 0 aromatic rings. The highest BCUT2D eigenvalue weighted by Gasteiger charge is 2.53. The van der Waals surface area contributed by atoms with Crippen molar-refractivity contribution in [2.24, 2.45) is 5.92 Å². The van der Waals surface area contributed by atoms with E-state index in [1.165, 1.54) is 0 Å². The zero-order valence-corrected chi connectivity index (χ0v) is 8.98. The first-order valence-electron chi connectivity index (χ1n) is 5.68. The molecule has 15 heavy (non-hydrogen) atoms. The average Bonchev–Trinajstić information content (AvgIpc) is 2.58. The summed E-state index contributed by atoms with van der Waals surface area (Å²) in [5, 5.41) is 19.6. The van der Waals surface area contributed by atoms with E-state index < -0.39 is 17.5 Å². The monoisotopic (exact) mass is 214 g/mol. The minimum Gasteiger partial charge on any atom is -0.481 e. The van der Waals surface area contributed by atoms with E-state index in [1.54, 1.807) is 6.92 Å². The van der Waals surface area contributed by atoms with Gasteiger partial charge >= 0.3 is 5.97 Å². The lowest BCUT2D eigenvalue weighted by Gasteiger charge is -2.41. The van der Waals surface area contributed by atoms with Gasteiger partial charge in [0, 0.05) is 0 Å². The predicted molar refractivity (Wildman–Crippen MR) is 53.5 cm³/mol. The Bertz CT molecular complexity index is 265. The Morgan fingerprint density at radius 3 is 2.87 bits per heavy atom. The molecule has 0 amide bonds. The fourth-order valence-electron chi connectivity index (χ4n) is 2.98. The van der Waals surface area contributed by atoms with E-state index in [9.17, 15) is 9.90 Å². The molecule has 0 aliphatic carbocycles. The standard InChI is InChI=1S/C11H18O4/c1-2-8(10(12)13)11(14)6-5-7-3-4-9(11)15-7/h7-9,14H,2-6H2,1H3,(H,12,13). The molecule has 4 nitrogen and oxygen atoms in total. The lowest BCUT2D eigenvalue weighted by atomic mass is 9.77. The average molecular weight is 214 g/mol. The van der Waals surface area contributed by atoms with Crippen molar-refractivity contribution < 1.29 is 19.7 Å². The van der Waals surface area contributed by atoms with Gasteiger partial charge in [0.25, 0.3) is 0 Å². The molecule has 2 aliphatic heterocycles. The molecule has 2 heterocycles. The van der Waals surface area contributed by atoms with Crippen molar-refractivity contribution in [3.63, 3.8) is 0 Å². The Balaban J connectivity index is 2.20. The van der Waals surface area contributed by atoms with Crippen LogP contribution in [0.5, 0.6) is 0 Å². The van der Waals surface area contributed by atoms with E-state index in [0.717, 1.165) is 19.3 Å². The van der Waals surface area contributed by atoms with Crippen molar-refractivity contribution in [1.29, 1.82) is 0 Å². The zero-order chi connectivity index (χ0) is 11.1. The first-order valence-corrected chi connectivity index (χ1v) is 5.68. The minimum atomic E-state index is -1.15. The molecule has 0 aromatic carbocycles. The summed E-state index contributed by atoms with van der Waals surface area (Å²) in [5.41, 5.74) is -1.15. The van der Waals surface area contributed by atoms with Crippen molar-refractivity contribution in [1.82, 2.24) is 0 Å². The van der Waals surface area contributed by atoms with E-state index in [2.05, 4.69) is 0 Å². The Morgan fingerprint density at radius 1 is 1.53 bits per heavy atom. The van der Waals surface area contributed by atoms with Gasteiger partial charge in [-0.15, -0.1) is 0 Å². The molecule has 4 unspecified atom stereocenters. The summed E-state index contributed by atoms with van der Waals surface area (Å²) in [6.45, 7) is 1.80. The lowest BCUT2D eigenvalue weighted by molar-refractivity contribution is -0.187. The predicted octanol–water partition coefficient (Wildman–Crippen LogP) is 1.17. The Morgan fingerprint density at radius 2 is 2.27 bits per heavy atom. The third-order valence-electron chi connectivity index (χ3n) is 3.84. The van der Waals surface area contributed by atoms with Crippen LogP contribution in [-0.4, -0.2) is 34.0 Å². The molecule has 2 N–H and O–H groups in total. The van der Waals surface area contributed by atoms with Gasteiger partial charge in [-0.2, -0.15) is 0 Å². The van der Waals surface area contributed by atoms with Crippen LogP contribution in [0.15, 0.2) is 0 Å². The highest BCUT2D eigenvalue weighted by atomic mass is 16.5. The van der Waals surface area contributed by atoms with E-state index in [0.29, 0.717) is 12.8 Å². The summed E-state index contributed by atoms with van der Waals surface area (Å²) in [6.07, 6.45) is 3.55. The minimum absolute atomic E-state index is 0.251. The van der Waals surface area contributed by atoms with E-state index in [1.807, 2.05) is 0 Å². The van der Waals surface area contributed by atoms with Crippen molar-refractivity contribution in [3.05, 3.63) is 0 Å². The summed E-state index contributed by atoms with van der Waals surface area (Å²) < 4.78 is 5.63. The van der Waals surface area contributed by atoms with Crippen LogP contribution >= 0.6 is 0 Å². The quantitative estimate of drug-likeness (QED) is 0.740. The normalized spacial score (nSPS) is 41.5. The summed E-state index contributed by atoms with van der Waals surface area (Å²) in [6, 6.07) is 0. The molecule has 4 heteroatoms. The van der Waals surface area contributed by atoms with Crippen LogP contribution in [0.3, 0.4) is 0 Å². The van der Waals surface area contributed by atoms with Gasteiger partial charge in [-0.05, 0) is 32.1 Å². The van der Waals surface area contributed by atoms with Gasteiger partial charge in [0.2, 0.25) is 0 Å². The molecule has 0 spiro atoms. The van der Waals surface area contributed by atoms with Crippen LogP contribution in [-0.2, 0) is 9.53 Å². The summed E-state index contributed by atoms with van der Waals surface area (Å²) in [5.74, 6) is -1.60. The highest BCUT2D eigenvalue weighted by molar-refractivity contribution is 5.71. The number of carbonyl (C=O) groups is 1. The van der Waals surface area contributed by atoms with Gasteiger partial charge in [0.05, 0.1) is 18.1 Å². The Labute approximate surface area is 89.2 Å². The zero-order valence-electron chi connectivity index (χ0n) is 8.98. The molecular formula is C11H18O4. The number of hydrogen-bond donors (Lipinski definition) is 2. The molecular weight excluding hydrogens is 196 g/mol. The maximum atomic E-state index is 11.1. The van der Waals surface area contributed by atoms with Crippen LogP contribution in [0.1, 0.15) is 39.0 Å². The van der Waals surface area contributed by atoms with Gasteiger partial charge in [0.15, 0.2) is 0 Å². The second-order valence-corrected chi connectivity index (χ2v) is 4.65. The van der Waals surface area contributed by atoms with Crippen LogP contribution in [0.25, 0.3) is 0 Å². The maximum absolute atomic E-state index is 11.1. The molecule has 0 radical (unpaired) electrons. The lowest BCUT2D eigenvalue weighted by Crippen LogP contribution is -2.53. The second-order valence-electron chi connectivity index (χ2n) is 4.65. The van der Waals surface area contributed by atoms with Crippen molar-refractivity contribution in [2.75, 3.05) is 0 Å². The Hall–Kier alpha value is -0.610. The summed E-state index contributed by atoms with van der Waals surface area (Å²) in [7, 11) is 0. The molecule has 2 bridgehead atoms. The number of aliphatic hydroxyl groups is 1. The highest BCUT2D eigenvalue weighted by Crippen LogP contribution is 2.43. The molecule has 0 saturated carbocycles. The van der Waals surface area contributed by atoms with Gasteiger partial charge in [-0.1, -0.05) is 6.92 Å². The van der Waals surface area contributed by atoms with Crippen LogP contribution < -0.4 is 0 Å². The SMILES string of the molecule is CCC(C(=O)O)C1(O)CCC2CCC1O2. The van der Waals surface area contributed by atoms with Crippen LogP contribution in [0.4, 0.5) is 0 Å². The third kappa shape index (κ3) is 1.66. The summed E-state index contributed by atoms with van der Waals surface area (Å²) >= 11 is 0. The van der Waals surface area contributed by atoms with E-state index >= 15 is 0 Å². The molecule has 2 fully saturated rings. The van der Waals surface area contributed by atoms with Gasteiger partial charge < -0.3 is 14.9 Å². The maximum Gasteiger partial charge on any atom is 0.309 e. The number of rotatable bonds is 3. The molecule has 2 aliphatic rings. The van der Waals surface area contributed by atoms with Gasteiger partial charge in [0.1, 0.15) is 5.60 Å². The van der Waals surface area contributed by atoms with Crippen molar-refractivity contribution in [2.45, 2.75) is 56.8 Å². The molecule has 2 rings (SSSR count). The second kappa shape index (κ2) is 3.76. The topological polar surface area (TPSA) is 66.8 Å². The fraction of sp³-hybridized carbons (Fsp3) is 0.909. The number of ether oxygens (including phenoxy) is 1. The number of carboxylic acid groups (broad SMARTS) is 1. The summed E-state index contributed by atoms with van der Waals surface area (Å²) in [4.78, 5) is 11.1. The molecule has 2 saturated heterocycles. The fourth-order valence-corrected chi connectivity index (χ4v) is 2.98. The number of fused-ring (bicyclic) bond motifs is 2. The third-order valence-corrected chi connectivity index (χ3v) is 3.84. The van der Waals surface area contributed by atoms with Gasteiger partial charge in [-0.3, -0.25) is 4.79 Å².